The van der Waals surface area contributed by atoms with Crippen molar-refractivity contribution < 1.29 is 0 Å². The summed E-state index contributed by atoms with van der Waals surface area (Å²) in [5.41, 5.74) is 1.41. The second-order valence-corrected chi connectivity index (χ2v) is 6.61. The van der Waals surface area contributed by atoms with E-state index in [-0.39, 0.29) is 0 Å². The second kappa shape index (κ2) is 5.73. The highest BCUT2D eigenvalue weighted by Gasteiger charge is 2.38. The number of nitrogens with one attached hydrogen (secondary N) is 1. The fourth-order valence-corrected chi connectivity index (χ4v) is 3.19. The van der Waals surface area contributed by atoms with E-state index in [1.807, 2.05) is 12.1 Å². The Bertz CT molecular complexity index is 392. The molecule has 0 radical (unpaired) electrons. The summed E-state index contributed by atoms with van der Waals surface area (Å²) in [6.45, 7) is 6.74. The van der Waals surface area contributed by atoms with Gasteiger partial charge in [0.15, 0.2) is 0 Å². The van der Waals surface area contributed by atoms with E-state index in [4.69, 9.17) is 11.6 Å². The molecule has 3 heteroatoms. The van der Waals surface area contributed by atoms with Crippen molar-refractivity contribution in [2.24, 2.45) is 11.8 Å². The van der Waals surface area contributed by atoms with Crippen molar-refractivity contribution in [3.8, 4) is 0 Å². The van der Waals surface area contributed by atoms with Crippen LogP contribution < -0.4 is 5.32 Å². The molecular weight excluding hydrogens is 298 g/mol. The fraction of sp³-hybridized carbons (Fsp3) is 0.571. The van der Waals surface area contributed by atoms with E-state index in [0.717, 1.165) is 34.4 Å². The van der Waals surface area contributed by atoms with E-state index < -0.39 is 0 Å². The quantitative estimate of drug-likeness (QED) is 0.846. The number of hydrogen-bond donors (Lipinski definition) is 1. The van der Waals surface area contributed by atoms with Gasteiger partial charge in [-0.05, 0) is 55.0 Å². The first-order valence-corrected chi connectivity index (χ1v) is 7.40. The molecule has 0 bridgehead atoms. The van der Waals surface area contributed by atoms with Crippen LogP contribution in [-0.2, 0) is 0 Å². The maximum atomic E-state index is 5.95. The van der Waals surface area contributed by atoms with Crippen LogP contribution in [0, 0.1) is 11.8 Å². The minimum absolute atomic E-state index is 0.710. The maximum Gasteiger partial charge on any atom is 0.0417 e. The van der Waals surface area contributed by atoms with Gasteiger partial charge in [-0.15, -0.1) is 0 Å². The number of hydrogen-bond acceptors (Lipinski definition) is 1. The van der Waals surface area contributed by atoms with Crippen molar-refractivity contribution >= 4 is 27.5 Å². The average molecular weight is 317 g/mol. The molecule has 0 aliphatic heterocycles. The van der Waals surface area contributed by atoms with Gasteiger partial charge in [0.1, 0.15) is 0 Å². The highest BCUT2D eigenvalue weighted by Crippen LogP contribution is 2.49. The summed E-state index contributed by atoms with van der Waals surface area (Å²) in [4.78, 5) is 0. The Balaban J connectivity index is 1.85. The molecule has 1 aliphatic rings. The predicted molar refractivity (Wildman–Crippen MR) is 77.7 cm³/mol. The smallest absolute Gasteiger partial charge is 0.0417 e. The summed E-state index contributed by atoms with van der Waals surface area (Å²) >= 11 is 9.56. The predicted octanol–water partition coefficient (Wildman–Crippen LogP) is 4.45. The Kier molecular flexibility index (Phi) is 4.51. The van der Waals surface area contributed by atoms with Crippen molar-refractivity contribution in [3.05, 3.63) is 33.3 Å². The third-order valence-corrected chi connectivity index (χ3v) is 4.17. The zero-order valence-electron chi connectivity index (χ0n) is 10.3. The molecule has 2 unspecified atom stereocenters. The van der Waals surface area contributed by atoms with Crippen LogP contribution in [0.25, 0.3) is 0 Å². The van der Waals surface area contributed by atoms with Gasteiger partial charge in [0, 0.05) is 9.50 Å². The molecule has 0 spiro atoms. The Hall–Kier alpha value is -0.0500. The Labute approximate surface area is 117 Å². The fourth-order valence-electron chi connectivity index (χ4n) is 2.21. The molecule has 1 aromatic carbocycles. The first-order valence-electron chi connectivity index (χ1n) is 6.23. The molecule has 17 heavy (non-hydrogen) atoms. The van der Waals surface area contributed by atoms with Gasteiger partial charge >= 0.3 is 0 Å². The van der Waals surface area contributed by atoms with Crippen LogP contribution in [0.1, 0.15) is 31.7 Å². The molecule has 94 valence electrons. The lowest BCUT2D eigenvalue weighted by molar-refractivity contribution is 0.532. The number of halogens is 2. The molecule has 1 aliphatic carbocycles. The minimum atomic E-state index is 0.710. The van der Waals surface area contributed by atoms with E-state index in [1.54, 1.807) is 0 Å². The molecule has 2 rings (SSSR count). The van der Waals surface area contributed by atoms with Crippen LogP contribution in [0.5, 0.6) is 0 Å². The van der Waals surface area contributed by atoms with Crippen molar-refractivity contribution in [1.29, 1.82) is 0 Å². The normalized spacial score (nSPS) is 23.1. The molecule has 1 saturated carbocycles. The summed E-state index contributed by atoms with van der Waals surface area (Å²) in [6, 6.07) is 6.13. The first-order chi connectivity index (χ1) is 8.08. The summed E-state index contributed by atoms with van der Waals surface area (Å²) in [5, 5.41) is 4.34. The Morgan fingerprint density at radius 3 is 2.88 bits per heavy atom. The highest BCUT2D eigenvalue weighted by molar-refractivity contribution is 9.10. The minimum Gasteiger partial charge on any atom is -0.316 e. The molecular formula is C14H19BrClN. The molecule has 0 amide bonds. The molecule has 0 saturated heterocycles. The summed E-state index contributed by atoms with van der Waals surface area (Å²) < 4.78 is 1.15. The van der Waals surface area contributed by atoms with Gasteiger partial charge in [-0.1, -0.05) is 47.4 Å². The molecule has 1 aromatic rings. The monoisotopic (exact) mass is 315 g/mol. The van der Waals surface area contributed by atoms with Crippen LogP contribution in [0.15, 0.2) is 22.7 Å². The van der Waals surface area contributed by atoms with Crippen LogP contribution in [0.4, 0.5) is 0 Å². The summed E-state index contributed by atoms with van der Waals surface area (Å²) in [5.74, 6) is 2.24. The van der Waals surface area contributed by atoms with E-state index in [1.165, 1.54) is 12.0 Å². The second-order valence-electron chi connectivity index (χ2n) is 5.32. The van der Waals surface area contributed by atoms with Gasteiger partial charge in [0.05, 0.1) is 0 Å². The van der Waals surface area contributed by atoms with Crippen LogP contribution in [0.3, 0.4) is 0 Å². The van der Waals surface area contributed by atoms with Crippen molar-refractivity contribution in [1.82, 2.24) is 5.32 Å². The average Bonchev–Trinajstić information content (AvgIpc) is 2.96. The zero-order chi connectivity index (χ0) is 12.4. The van der Waals surface area contributed by atoms with Gasteiger partial charge < -0.3 is 5.32 Å². The summed E-state index contributed by atoms with van der Waals surface area (Å²) in [7, 11) is 0. The van der Waals surface area contributed by atoms with Gasteiger partial charge in [-0.2, -0.15) is 0 Å². The van der Waals surface area contributed by atoms with E-state index in [9.17, 15) is 0 Å². The van der Waals surface area contributed by atoms with Crippen LogP contribution in [0.2, 0.25) is 5.02 Å². The Morgan fingerprint density at radius 2 is 2.24 bits per heavy atom. The number of benzene rings is 1. The van der Waals surface area contributed by atoms with Gasteiger partial charge in [0.25, 0.3) is 0 Å². The summed E-state index contributed by atoms with van der Waals surface area (Å²) in [6.07, 6.45) is 1.30. The third-order valence-electron chi connectivity index (χ3n) is 3.24. The zero-order valence-corrected chi connectivity index (χ0v) is 12.7. The lowest BCUT2D eigenvalue weighted by atomic mass is 10.1. The van der Waals surface area contributed by atoms with Crippen molar-refractivity contribution in [2.75, 3.05) is 13.1 Å². The van der Waals surface area contributed by atoms with Crippen LogP contribution >= 0.6 is 27.5 Å². The lowest BCUT2D eigenvalue weighted by Gasteiger charge is -2.08. The largest absolute Gasteiger partial charge is 0.316 e. The van der Waals surface area contributed by atoms with Gasteiger partial charge in [-0.3, -0.25) is 0 Å². The topological polar surface area (TPSA) is 12.0 Å². The van der Waals surface area contributed by atoms with Gasteiger partial charge in [-0.25, -0.2) is 0 Å². The number of rotatable bonds is 5. The maximum absolute atomic E-state index is 5.95. The Morgan fingerprint density at radius 1 is 1.47 bits per heavy atom. The van der Waals surface area contributed by atoms with Crippen molar-refractivity contribution in [3.63, 3.8) is 0 Å². The molecule has 0 aromatic heterocycles. The molecule has 1 N–H and O–H groups in total. The first kappa shape index (κ1) is 13.4. The van der Waals surface area contributed by atoms with E-state index >= 15 is 0 Å². The molecule has 1 fully saturated rings. The van der Waals surface area contributed by atoms with Gasteiger partial charge in [0.2, 0.25) is 0 Å². The molecule has 0 heterocycles. The standard InChI is InChI=1S/C14H19BrClN/c1-9(2)7-17-8-10-5-13(10)12-4-3-11(16)6-14(12)15/h3-4,6,9-10,13,17H,5,7-8H2,1-2H3. The highest BCUT2D eigenvalue weighted by atomic mass is 79.9. The molecule has 2 atom stereocenters. The van der Waals surface area contributed by atoms with E-state index in [0.29, 0.717) is 5.92 Å². The van der Waals surface area contributed by atoms with Crippen molar-refractivity contribution in [2.45, 2.75) is 26.2 Å². The molecule has 1 nitrogen and oxygen atoms in total. The SMILES string of the molecule is CC(C)CNCC1CC1c1ccc(Cl)cc1Br. The van der Waals surface area contributed by atoms with E-state index in [2.05, 4.69) is 41.2 Å². The lowest BCUT2D eigenvalue weighted by Crippen LogP contribution is -2.22. The van der Waals surface area contributed by atoms with Crippen LogP contribution in [-0.4, -0.2) is 13.1 Å². The third kappa shape index (κ3) is 3.70.